The smallest absolute Gasteiger partial charge is 0.550 e. The molecule has 0 fully saturated rings. The molecule has 128 valence electrons. The van der Waals surface area contributed by atoms with Gasteiger partial charge in [0.15, 0.2) is 0 Å². The van der Waals surface area contributed by atoms with E-state index in [1.54, 1.807) is 0 Å². The fraction of sp³-hybridized carbons (Fsp3) is 0.833. The number of allylic oxidation sites excluding steroid dienone is 2. The van der Waals surface area contributed by atoms with Crippen LogP contribution in [0, 0.1) is 0 Å². The SMILES string of the molecule is CCCCCCCCC=CCCCCCCCC(=O)[O-].[Cu+]. The van der Waals surface area contributed by atoms with Crippen molar-refractivity contribution in [2.24, 2.45) is 0 Å². The van der Waals surface area contributed by atoms with Gasteiger partial charge in [-0.3, -0.25) is 0 Å². The third-order valence-corrected chi connectivity index (χ3v) is 3.64. The Morgan fingerprint density at radius 1 is 0.762 bits per heavy atom. The molecule has 2 nitrogen and oxygen atoms in total. The number of hydrogen-bond donors (Lipinski definition) is 0. The molecule has 0 radical (unpaired) electrons. The van der Waals surface area contributed by atoms with Gasteiger partial charge in [0.05, 0.1) is 0 Å². The van der Waals surface area contributed by atoms with Gasteiger partial charge in [0.2, 0.25) is 0 Å². The van der Waals surface area contributed by atoms with Gasteiger partial charge < -0.3 is 9.90 Å². The van der Waals surface area contributed by atoms with Crippen LogP contribution in [-0.4, -0.2) is 5.97 Å². The van der Waals surface area contributed by atoms with Crippen molar-refractivity contribution in [3.8, 4) is 0 Å². The minimum absolute atomic E-state index is 0. The molecule has 0 aromatic carbocycles. The van der Waals surface area contributed by atoms with Gasteiger partial charge in [-0.1, -0.05) is 70.4 Å². The molecule has 0 atom stereocenters. The third-order valence-electron chi connectivity index (χ3n) is 3.64. The molecule has 0 bridgehead atoms. The number of unbranched alkanes of at least 4 members (excludes halogenated alkanes) is 11. The molecule has 0 saturated carbocycles. The summed E-state index contributed by atoms with van der Waals surface area (Å²) in [7, 11) is 0. The summed E-state index contributed by atoms with van der Waals surface area (Å²) in [5.41, 5.74) is 0. The number of carbonyl (C=O) groups is 1. The van der Waals surface area contributed by atoms with Gasteiger partial charge in [0.25, 0.3) is 0 Å². The summed E-state index contributed by atoms with van der Waals surface area (Å²) in [6.45, 7) is 2.26. The number of carboxylic acid groups (broad SMARTS) is 1. The molecule has 0 aromatic heterocycles. The van der Waals surface area contributed by atoms with Crippen LogP contribution in [0.1, 0.15) is 96.8 Å². The molecule has 0 aliphatic heterocycles. The van der Waals surface area contributed by atoms with Crippen LogP contribution in [0.2, 0.25) is 0 Å². The van der Waals surface area contributed by atoms with E-state index in [2.05, 4.69) is 19.1 Å². The molecular weight excluding hydrogens is 312 g/mol. The number of carbonyl (C=O) groups excluding carboxylic acids is 1. The van der Waals surface area contributed by atoms with Gasteiger partial charge in [-0.15, -0.1) is 0 Å². The number of hydrogen-bond acceptors (Lipinski definition) is 2. The quantitative estimate of drug-likeness (QED) is 0.244. The summed E-state index contributed by atoms with van der Waals surface area (Å²) < 4.78 is 0. The van der Waals surface area contributed by atoms with Crippen LogP contribution < -0.4 is 5.11 Å². The second-order valence-corrected chi connectivity index (χ2v) is 5.71. The summed E-state index contributed by atoms with van der Waals surface area (Å²) in [5.74, 6) is -0.914. The van der Waals surface area contributed by atoms with E-state index in [1.165, 1.54) is 64.2 Å². The van der Waals surface area contributed by atoms with E-state index in [1.807, 2.05) is 0 Å². The average molecular weight is 345 g/mol. The topological polar surface area (TPSA) is 40.1 Å². The predicted molar refractivity (Wildman–Crippen MR) is 84.5 cm³/mol. The van der Waals surface area contributed by atoms with Gasteiger partial charge in [-0.05, 0) is 38.5 Å². The van der Waals surface area contributed by atoms with Crippen molar-refractivity contribution >= 4 is 5.97 Å². The van der Waals surface area contributed by atoms with E-state index in [0.29, 0.717) is 0 Å². The van der Waals surface area contributed by atoms with E-state index in [-0.39, 0.29) is 23.5 Å². The Morgan fingerprint density at radius 3 is 1.67 bits per heavy atom. The summed E-state index contributed by atoms with van der Waals surface area (Å²) in [4.78, 5) is 10.2. The Bertz CT molecular complexity index is 239. The first-order valence-corrected chi connectivity index (χ1v) is 8.62. The Labute approximate surface area is 142 Å². The minimum Gasteiger partial charge on any atom is -0.550 e. The molecule has 3 heteroatoms. The Balaban J connectivity index is 0. The molecule has 0 aromatic rings. The molecule has 0 N–H and O–H groups in total. The largest absolute Gasteiger partial charge is 1.00 e. The van der Waals surface area contributed by atoms with Crippen LogP contribution in [0.25, 0.3) is 0 Å². The zero-order valence-electron chi connectivity index (χ0n) is 13.7. The van der Waals surface area contributed by atoms with Gasteiger partial charge >= 0.3 is 17.1 Å². The Morgan fingerprint density at radius 2 is 1.19 bits per heavy atom. The standard InChI is InChI=1S/C18H34O2.Cu/c1-2-3-4-5-6-7-8-9-10-11-12-13-14-15-16-17-18(19)20;/h9-10H,2-8,11-17H2,1H3,(H,19,20);/q;+1/p-1. The van der Waals surface area contributed by atoms with Crippen molar-refractivity contribution in [2.75, 3.05) is 0 Å². The van der Waals surface area contributed by atoms with Gasteiger partial charge in [-0.2, -0.15) is 0 Å². The zero-order valence-corrected chi connectivity index (χ0v) is 14.6. The van der Waals surface area contributed by atoms with Crippen LogP contribution in [0.3, 0.4) is 0 Å². The molecule has 0 aliphatic carbocycles. The second-order valence-electron chi connectivity index (χ2n) is 5.71. The van der Waals surface area contributed by atoms with Crippen LogP contribution >= 0.6 is 0 Å². The molecular formula is C18H33CuO2. The maximum atomic E-state index is 10.2. The van der Waals surface area contributed by atoms with Gasteiger partial charge in [0.1, 0.15) is 0 Å². The third kappa shape index (κ3) is 22.2. The molecule has 0 saturated heterocycles. The van der Waals surface area contributed by atoms with Crippen molar-refractivity contribution in [2.45, 2.75) is 96.8 Å². The van der Waals surface area contributed by atoms with E-state index in [0.717, 1.165) is 19.3 Å². The monoisotopic (exact) mass is 344 g/mol. The van der Waals surface area contributed by atoms with Crippen LogP contribution in [0.15, 0.2) is 12.2 Å². The average Bonchev–Trinajstić information content (AvgIpc) is 2.43. The fourth-order valence-corrected chi connectivity index (χ4v) is 2.34. The van der Waals surface area contributed by atoms with Crippen molar-refractivity contribution < 1.29 is 27.0 Å². The van der Waals surface area contributed by atoms with Crippen molar-refractivity contribution in [1.82, 2.24) is 0 Å². The fourth-order valence-electron chi connectivity index (χ4n) is 2.34. The van der Waals surface area contributed by atoms with Crippen molar-refractivity contribution in [3.05, 3.63) is 12.2 Å². The summed E-state index contributed by atoms with van der Waals surface area (Å²) in [6, 6.07) is 0. The summed E-state index contributed by atoms with van der Waals surface area (Å²) >= 11 is 0. The first-order chi connectivity index (χ1) is 9.77. The number of aliphatic carboxylic acids is 1. The van der Waals surface area contributed by atoms with E-state index >= 15 is 0 Å². The predicted octanol–water partition coefficient (Wildman–Crippen LogP) is 4.77. The zero-order chi connectivity index (χ0) is 14.9. The normalized spacial score (nSPS) is 10.7. The van der Waals surface area contributed by atoms with Crippen LogP contribution in [-0.2, 0) is 21.9 Å². The molecule has 0 aliphatic rings. The van der Waals surface area contributed by atoms with Crippen LogP contribution in [0.4, 0.5) is 0 Å². The van der Waals surface area contributed by atoms with E-state index in [4.69, 9.17) is 0 Å². The molecule has 0 heterocycles. The Kier molecular flexibility index (Phi) is 21.6. The Hall–Kier alpha value is -0.271. The van der Waals surface area contributed by atoms with Crippen molar-refractivity contribution in [1.29, 1.82) is 0 Å². The molecule has 0 spiro atoms. The van der Waals surface area contributed by atoms with Gasteiger partial charge in [0, 0.05) is 5.97 Å². The van der Waals surface area contributed by atoms with Crippen LogP contribution in [0.5, 0.6) is 0 Å². The van der Waals surface area contributed by atoms with E-state index in [9.17, 15) is 9.90 Å². The first-order valence-electron chi connectivity index (χ1n) is 8.62. The summed E-state index contributed by atoms with van der Waals surface area (Å²) in [6.07, 6.45) is 20.9. The van der Waals surface area contributed by atoms with Gasteiger partial charge in [-0.25, -0.2) is 0 Å². The number of carboxylic acids is 1. The minimum atomic E-state index is -0.914. The molecule has 0 unspecified atom stereocenters. The second kappa shape index (κ2) is 19.7. The summed E-state index contributed by atoms with van der Waals surface area (Å²) in [5, 5.41) is 10.2. The molecule has 0 amide bonds. The molecule has 21 heavy (non-hydrogen) atoms. The maximum absolute atomic E-state index is 10.2. The van der Waals surface area contributed by atoms with E-state index < -0.39 is 5.97 Å². The van der Waals surface area contributed by atoms with Crippen molar-refractivity contribution in [3.63, 3.8) is 0 Å². The first kappa shape index (κ1) is 23.0. The molecule has 0 rings (SSSR count). The number of rotatable bonds is 15. The maximum Gasteiger partial charge on any atom is 1.00 e.